The van der Waals surface area contributed by atoms with Crippen LogP contribution < -0.4 is 19.5 Å². The first-order valence-corrected chi connectivity index (χ1v) is 8.03. The first kappa shape index (κ1) is 16.9. The summed E-state index contributed by atoms with van der Waals surface area (Å²) in [5.74, 6) is 3.11. The number of nitrogens with zero attached hydrogens (tertiary/aromatic N) is 2. The lowest BCUT2D eigenvalue weighted by molar-refractivity contribution is 0.236. The molecule has 0 fully saturated rings. The molecule has 0 saturated heterocycles. The first-order chi connectivity index (χ1) is 12.0. The van der Waals surface area contributed by atoms with Gasteiger partial charge in [-0.2, -0.15) is 10.1 Å². The van der Waals surface area contributed by atoms with E-state index in [4.69, 9.17) is 14.2 Å². The zero-order valence-corrected chi connectivity index (χ0v) is 15.0. The molecule has 2 N–H and O–H groups in total. The summed E-state index contributed by atoms with van der Waals surface area (Å²) in [7, 11) is 3.23. The van der Waals surface area contributed by atoms with Gasteiger partial charge in [-0.1, -0.05) is 0 Å². The summed E-state index contributed by atoms with van der Waals surface area (Å²) in [6.45, 7) is 5.87. The molecular weight excluding hydrogens is 320 g/mol. The second kappa shape index (κ2) is 6.88. The van der Waals surface area contributed by atoms with E-state index in [1.54, 1.807) is 14.2 Å². The second-order valence-electron chi connectivity index (χ2n) is 5.94. The molecule has 0 unspecified atom stereocenters. The number of aryl methyl sites for hydroxylation is 1. The molecule has 0 bridgehead atoms. The number of hydrogen-bond acceptors (Lipinski definition) is 6. The number of aromatic nitrogens is 3. The van der Waals surface area contributed by atoms with Crippen LogP contribution in [-0.2, 0) is 0 Å². The van der Waals surface area contributed by atoms with Gasteiger partial charge in [-0.25, -0.2) is 0 Å². The average molecular weight is 342 g/mol. The van der Waals surface area contributed by atoms with E-state index in [2.05, 4.69) is 20.5 Å². The van der Waals surface area contributed by atoms with Crippen LogP contribution >= 0.6 is 0 Å². The number of benzene rings is 1. The third-order valence-corrected chi connectivity index (χ3v) is 3.63. The quantitative estimate of drug-likeness (QED) is 0.709. The van der Waals surface area contributed by atoms with Crippen LogP contribution in [0.3, 0.4) is 0 Å². The van der Waals surface area contributed by atoms with Crippen molar-refractivity contribution in [1.82, 2.24) is 15.2 Å². The standard InChI is InChI=1S/C18H22N4O3/c1-10(2)25-18-12-6-7-14(23-4)17(24-5)13(12)9-15(20-18)19-16-8-11(3)21-22-16/h6-10H,1-5H3,(H2,19,20,21,22). The average Bonchev–Trinajstić information content (AvgIpc) is 2.98. The Kier molecular flexibility index (Phi) is 4.65. The topological polar surface area (TPSA) is 81.3 Å². The Balaban J connectivity index is 2.16. The van der Waals surface area contributed by atoms with E-state index >= 15 is 0 Å². The summed E-state index contributed by atoms with van der Waals surface area (Å²) in [4.78, 5) is 4.59. The Labute approximate surface area is 146 Å². The summed E-state index contributed by atoms with van der Waals surface area (Å²) in [6.07, 6.45) is -0.00771. The van der Waals surface area contributed by atoms with E-state index in [0.717, 1.165) is 16.5 Å². The lowest BCUT2D eigenvalue weighted by Gasteiger charge is -2.16. The Morgan fingerprint density at radius 2 is 1.84 bits per heavy atom. The number of anilines is 2. The highest BCUT2D eigenvalue weighted by molar-refractivity contribution is 5.96. The highest BCUT2D eigenvalue weighted by atomic mass is 16.5. The predicted molar refractivity (Wildman–Crippen MR) is 97.2 cm³/mol. The predicted octanol–water partition coefficient (Wildman–Crippen LogP) is 3.81. The van der Waals surface area contributed by atoms with Crippen molar-refractivity contribution < 1.29 is 14.2 Å². The van der Waals surface area contributed by atoms with Crippen molar-refractivity contribution >= 4 is 22.4 Å². The number of rotatable bonds is 6. The van der Waals surface area contributed by atoms with Crippen LogP contribution in [0.2, 0.25) is 0 Å². The maximum absolute atomic E-state index is 5.91. The lowest BCUT2D eigenvalue weighted by Crippen LogP contribution is -2.08. The fraction of sp³-hybridized carbons (Fsp3) is 0.333. The van der Waals surface area contributed by atoms with Crippen molar-refractivity contribution in [3.63, 3.8) is 0 Å². The minimum Gasteiger partial charge on any atom is -0.493 e. The zero-order chi connectivity index (χ0) is 18.0. The van der Waals surface area contributed by atoms with Crippen molar-refractivity contribution in [2.45, 2.75) is 26.9 Å². The molecule has 0 spiro atoms. The minimum atomic E-state index is -0.00771. The third kappa shape index (κ3) is 3.45. The highest BCUT2D eigenvalue weighted by Gasteiger charge is 2.16. The number of hydrogen-bond donors (Lipinski definition) is 2. The smallest absolute Gasteiger partial charge is 0.223 e. The van der Waals surface area contributed by atoms with Gasteiger partial charge in [0.15, 0.2) is 17.3 Å². The van der Waals surface area contributed by atoms with Gasteiger partial charge in [0.1, 0.15) is 5.82 Å². The Hall–Kier alpha value is -2.96. The molecule has 7 nitrogen and oxygen atoms in total. The van der Waals surface area contributed by atoms with Gasteiger partial charge in [-0.15, -0.1) is 0 Å². The SMILES string of the molecule is COc1ccc2c(OC(C)C)nc(Nc3cc(C)[nH]n3)cc2c1OC. The van der Waals surface area contributed by atoms with Crippen LogP contribution in [-0.4, -0.2) is 35.5 Å². The van der Waals surface area contributed by atoms with Gasteiger partial charge in [0, 0.05) is 22.5 Å². The van der Waals surface area contributed by atoms with E-state index in [1.807, 2.05) is 45.0 Å². The summed E-state index contributed by atoms with van der Waals surface area (Å²) in [5.41, 5.74) is 0.959. The fourth-order valence-corrected chi connectivity index (χ4v) is 2.61. The van der Waals surface area contributed by atoms with Crippen LogP contribution in [0.5, 0.6) is 17.4 Å². The summed E-state index contributed by atoms with van der Waals surface area (Å²) >= 11 is 0. The van der Waals surface area contributed by atoms with Crippen molar-refractivity contribution in [3.8, 4) is 17.4 Å². The molecule has 3 aromatic rings. The van der Waals surface area contributed by atoms with Crippen LogP contribution in [0, 0.1) is 6.92 Å². The number of ether oxygens (including phenoxy) is 3. The zero-order valence-electron chi connectivity index (χ0n) is 15.0. The molecule has 25 heavy (non-hydrogen) atoms. The normalized spacial score (nSPS) is 11.0. The molecule has 0 radical (unpaired) electrons. The van der Waals surface area contributed by atoms with Gasteiger partial charge >= 0.3 is 0 Å². The lowest BCUT2D eigenvalue weighted by atomic mass is 10.1. The van der Waals surface area contributed by atoms with E-state index in [1.165, 1.54) is 0 Å². The molecule has 7 heteroatoms. The van der Waals surface area contributed by atoms with Gasteiger partial charge < -0.3 is 19.5 Å². The Morgan fingerprint density at radius 3 is 2.44 bits per heavy atom. The summed E-state index contributed by atoms with van der Waals surface area (Å²) in [6, 6.07) is 7.57. The van der Waals surface area contributed by atoms with E-state index < -0.39 is 0 Å². The van der Waals surface area contributed by atoms with Crippen LogP contribution in [0.25, 0.3) is 10.8 Å². The molecule has 0 aliphatic heterocycles. The van der Waals surface area contributed by atoms with Gasteiger partial charge in [-0.05, 0) is 39.0 Å². The van der Waals surface area contributed by atoms with Gasteiger partial charge in [-0.3, -0.25) is 5.10 Å². The van der Waals surface area contributed by atoms with Gasteiger partial charge in [0.25, 0.3) is 0 Å². The van der Waals surface area contributed by atoms with Gasteiger partial charge in [0.2, 0.25) is 5.88 Å². The Morgan fingerprint density at radius 1 is 1.04 bits per heavy atom. The number of fused-ring (bicyclic) bond motifs is 1. The highest BCUT2D eigenvalue weighted by Crippen LogP contribution is 2.40. The van der Waals surface area contributed by atoms with Crippen LogP contribution in [0.15, 0.2) is 24.3 Å². The first-order valence-electron chi connectivity index (χ1n) is 8.03. The molecule has 0 saturated carbocycles. The molecule has 0 amide bonds. The van der Waals surface area contributed by atoms with E-state index in [9.17, 15) is 0 Å². The Bertz CT molecular complexity index is 889. The van der Waals surface area contributed by atoms with Crippen molar-refractivity contribution in [3.05, 3.63) is 30.0 Å². The number of nitrogens with one attached hydrogen (secondary N) is 2. The van der Waals surface area contributed by atoms with E-state index in [0.29, 0.717) is 29.0 Å². The van der Waals surface area contributed by atoms with E-state index in [-0.39, 0.29) is 6.10 Å². The molecule has 0 aliphatic carbocycles. The maximum atomic E-state index is 5.91. The molecular formula is C18H22N4O3. The molecule has 2 aromatic heterocycles. The van der Waals surface area contributed by atoms with Gasteiger partial charge in [0.05, 0.1) is 20.3 Å². The number of methoxy groups -OCH3 is 2. The largest absolute Gasteiger partial charge is 0.493 e. The fourth-order valence-electron chi connectivity index (χ4n) is 2.61. The summed E-state index contributed by atoms with van der Waals surface area (Å²) < 4.78 is 16.9. The van der Waals surface area contributed by atoms with Crippen molar-refractivity contribution in [2.24, 2.45) is 0 Å². The molecule has 0 aliphatic rings. The molecule has 0 atom stereocenters. The minimum absolute atomic E-state index is 0.00771. The maximum Gasteiger partial charge on any atom is 0.223 e. The molecule has 2 heterocycles. The van der Waals surface area contributed by atoms with Crippen LogP contribution in [0.4, 0.5) is 11.6 Å². The third-order valence-electron chi connectivity index (χ3n) is 3.63. The van der Waals surface area contributed by atoms with Crippen molar-refractivity contribution in [1.29, 1.82) is 0 Å². The summed E-state index contributed by atoms with van der Waals surface area (Å²) in [5, 5.41) is 12.0. The number of aromatic amines is 1. The van der Waals surface area contributed by atoms with Crippen molar-refractivity contribution in [2.75, 3.05) is 19.5 Å². The molecule has 3 rings (SSSR count). The monoisotopic (exact) mass is 342 g/mol. The second-order valence-corrected chi connectivity index (χ2v) is 5.94. The molecule has 1 aromatic carbocycles. The van der Waals surface area contributed by atoms with Crippen LogP contribution in [0.1, 0.15) is 19.5 Å². The molecule has 132 valence electrons. The number of H-pyrrole nitrogens is 1. The number of pyridine rings is 1.